The number of carbonyl (C=O) groups excluding carboxylic acids is 1. The van der Waals surface area contributed by atoms with E-state index in [1.165, 1.54) is 18.2 Å². The van der Waals surface area contributed by atoms with E-state index >= 15 is 0 Å². The molecule has 1 saturated carbocycles. The van der Waals surface area contributed by atoms with Crippen LogP contribution in [-0.2, 0) is 10.5 Å². The number of halogens is 2. The summed E-state index contributed by atoms with van der Waals surface area (Å²) in [7, 11) is 0. The van der Waals surface area contributed by atoms with Crippen molar-refractivity contribution in [2.75, 3.05) is 5.75 Å². The highest BCUT2D eigenvalue weighted by atomic mass is 35.5. The fourth-order valence-electron chi connectivity index (χ4n) is 3.23. The molecule has 0 aliphatic heterocycles. The van der Waals surface area contributed by atoms with Gasteiger partial charge in [-0.3, -0.25) is 15.6 Å². The Kier molecular flexibility index (Phi) is 6.49. The number of hydrazine groups is 1. The van der Waals surface area contributed by atoms with Gasteiger partial charge in [-0.05, 0) is 54.6 Å². The normalized spacial score (nSPS) is 23.5. The monoisotopic (exact) mass is 415 g/mol. The van der Waals surface area contributed by atoms with E-state index in [1.54, 1.807) is 18.2 Å². The second-order valence-corrected chi connectivity index (χ2v) is 8.43. The largest absolute Gasteiger partial charge is 0.358 e. The van der Waals surface area contributed by atoms with E-state index < -0.39 is 0 Å². The minimum Gasteiger partial charge on any atom is -0.358 e. The molecule has 2 bridgehead atoms. The Balaban J connectivity index is 1.34. The Morgan fingerprint density at radius 3 is 2.60 bits per heavy atom. The van der Waals surface area contributed by atoms with Crippen molar-refractivity contribution in [1.29, 1.82) is 0 Å². The molecule has 8 heteroatoms. The third-order valence-electron chi connectivity index (χ3n) is 4.45. The molecule has 134 valence electrons. The van der Waals surface area contributed by atoms with Crippen molar-refractivity contribution < 1.29 is 4.79 Å². The van der Waals surface area contributed by atoms with E-state index in [0.29, 0.717) is 38.8 Å². The molecule has 3 atom stereocenters. The lowest BCUT2D eigenvalue weighted by Gasteiger charge is -2.22. The Labute approximate surface area is 167 Å². The van der Waals surface area contributed by atoms with Crippen LogP contribution in [0, 0.1) is 11.8 Å². The summed E-state index contributed by atoms with van der Waals surface area (Å²) in [5.74, 6) is 1.94. The quantitative estimate of drug-likeness (QED) is 0.388. The summed E-state index contributed by atoms with van der Waals surface area (Å²) in [6.07, 6.45) is 6.84. The Hall–Kier alpha value is -0.950. The molecule has 25 heavy (non-hydrogen) atoms. The lowest BCUT2D eigenvalue weighted by molar-refractivity contribution is -0.119. The lowest BCUT2D eigenvalue weighted by atomic mass is 10.0. The highest BCUT2D eigenvalue weighted by Crippen LogP contribution is 2.38. The molecule has 2 aliphatic rings. The molecule has 0 spiro atoms. The topological polar surface area (TPSA) is 53.2 Å². The van der Waals surface area contributed by atoms with Crippen molar-refractivity contribution in [3.8, 4) is 0 Å². The molecular weight excluding hydrogens is 397 g/mol. The molecule has 1 aromatic rings. The van der Waals surface area contributed by atoms with Gasteiger partial charge in [0, 0.05) is 21.8 Å². The van der Waals surface area contributed by atoms with Crippen molar-refractivity contribution >= 4 is 58.2 Å². The van der Waals surface area contributed by atoms with E-state index in [9.17, 15) is 4.79 Å². The van der Waals surface area contributed by atoms with Crippen molar-refractivity contribution in [1.82, 2.24) is 16.2 Å². The number of hydrogen-bond acceptors (Lipinski definition) is 3. The van der Waals surface area contributed by atoms with Gasteiger partial charge in [-0.25, -0.2) is 0 Å². The highest BCUT2D eigenvalue weighted by molar-refractivity contribution is 7.99. The van der Waals surface area contributed by atoms with E-state index in [0.717, 1.165) is 12.0 Å². The van der Waals surface area contributed by atoms with Gasteiger partial charge < -0.3 is 5.32 Å². The number of amides is 1. The zero-order valence-electron chi connectivity index (χ0n) is 13.4. The lowest BCUT2D eigenvalue weighted by Crippen LogP contribution is -2.50. The first-order chi connectivity index (χ1) is 12.0. The standard InChI is InChI=1S/C17H19Cl2N3OS2/c18-13-2-1-3-14(19)12(13)8-25-9-16(23)21-22-17(24)20-15-7-10-4-5-11(15)6-10/h1-5,10-11,15H,6-9H2,(H,21,23)(H2,20,22,24)/t10-,11-,15+/m0/s1. The Morgan fingerprint density at radius 1 is 1.20 bits per heavy atom. The van der Waals surface area contributed by atoms with Crippen LogP contribution in [0.4, 0.5) is 0 Å². The minimum atomic E-state index is -0.148. The molecule has 3 N–H and O–H groups in total. The van der Waals surface area contributed by atoms with E-state index in [2.05, 4.69) is 28.3 Å². The zero-order valence-corrected chi connectivity index (χ0v) is 16.6. The van der Waals surface area contributed by atoms with Gasteiger partial charge in [0.1, 0.15) is 0 Å². The highest BCUT2D eigenvalue weighted by Gasteiger charge is 2.35. The number of carbonyl (C=O) groups is 1. The molecule has 1 amide bonds. The summed E-state index contributed by atoms with van der Waals surface area (Å²) in [4.78, 5) is 11.9. The van der Waals surface area contributed by atoms with Crippen LogP contribution in [0.1, 0.15) is 18.4 Å². The molecule has 1 aromatic carbocycles. The van der Waals surface area contributed by atoms with Gasteiger partial charge in [0.05, 0.1) is 5.75 Å². The average Bonchev–Trinajstić information content (AvgIpc) is 3.18. The van der Waals surface area contributed by atoms with Crippen LogP contribution >= 0.6 is 47.2 Å². The summed E-state index contributed by atoms with van der Waals surface area (Å²) in [5, 5.41) is 4.96. The number of nitrogens with one attached hydrogen (secondary N) is 3. The molecule has 2 aliphatic carbocycles. The minimum absolute atomic E-state index is 0.148. The van der Waals surface area contributed by atoms with Gasteiger partial charge in [-0.15, -0.1) is 11.8 Å². The van der Waals surface area contributed by atoms with Gasteiger partial charge in [-0.2, -0.15) is 0 Å². The maximum atomic E-state index is 11.9. The van der Waals surface area contributed by atoms with Crippen LogP contribution in [0.25, 0.3) is 0 Å². The number of fused-ring (bicyclic) bond motifs is 2. The number of allylic oxidation sites excluding steroid dienone is 1. The fraction of sp³-hybridized carbons (Fsp3) is 0.412. The molecule has 0 radical (unpaired) electrons. The van der Waals surface area contributed by atoms with Crippen LogP contribution < -0.4 is 16.2 Å². The van der Waals surface area contributed by atoms with Crippen molar-refractivity contribution in [3.63, 3.8) is 0 Å². The van der Waals surface area contributed by atoms with Gasteiger partial charge in [-0.1, -0.05) is 41.4 Å². The number of thioether (sulfide) groups is 1. The third kappa shape index (κ3) is 5.03. The number of thiocarbonyl (C=S) groups is 1. The maximum absolute atomic E-state index is 11.9. The van der Waals surface area contributed by atoms with Crippen LogP contribution in [-0.4, -0.2) is 22.8 Å². The van der Waals surface area contributed by atoms with Gasteiger partial charge in [0.25, 0.3) is 0 Å². The Morgan fingerprint density at radius 2 is 1.96 bits per heavy atom. The molecule has 3 rings (SSSR count). The molecule has 0 heterocycles. The number of hydrogen-bond donors (Lipinski definition) is 3. The first kappa shape index (κ1) is 18.8. The number of benzene rings is 1. The maximum Gasteiger partial charge on any atom is 0.248 e. The van der Waals surface area contributed by atoms with Crippen molar-refractivity contribution in [2.45, 2.75) is 24.6 Å². The third-order valence-corrected chi connectivity index (χ3v) is 6.34. The average molecular weight is 416 g/mol. The fourth-order valence-corrected chi connectivity index (χ4v) is 5.00. The second kappa shape index (κ2) is 8.62. The molecular formula is C17H19Cl2N3OS2. The van der Waals surface area contributed by atoms with Gasteiger partial charge >= 0.3 is 0 Å². The summed E-state index contributed by atoms with van der Waals surface area (Å²) in [6, 6.07) is 5.75. The molecule has 0 aromatic heterocycles. The molecule has 4 nitrogen and oxygen atoms in total. The van der Waals surface area contributed by atoms with E-state index in [4.69, 9.17) is 35.4 Å². The van der Waals surface area contributed by atoms with Gasteiger partial charge in [0.2, 0.25) is 5.91 Å². The first-order valence-corrected chi connectivity index (χ1v) is 10.4. The van der Waals surface area contributed by atoms with Crippen molar-refractivity contribution in [3.05, 3.63) is 46.0 Å². The SMILES string of the molecule is O=C(CSCc1c(Cl)cccc1Cl)NNC(=S)N[C@@H]1C[C@H]2C=C[C@H]1C2. The molecule has 0 unspecified atom stereocenters. The Bertz CT molecular complexity index is 678. The van der Waals surface area contributed by atoms with Crippen LogP contribution in [0.15, 0.2) is 30.4 Å². The molecule has 0 saturated heterocycles. The summed E-state index contributed by atoms with van der Waals surface area (Å²) < 4.78 is 0. The predicted octanol–water partition coefficient (Wildman–Crippen LogP) is 3.69. The smallest absolute Gasteiger partial charge is 0.248 e. The van der Waals surface area contributed by atoms with E-state index in [-0.39, 0.29) is 11.7 Å². The summed E-state index contributed by atoms with van der Waals surface area (Å²) in [6.45, 7) is 0. The van der Waals surface area contributed by atoms with Crippen LogP contribution in [0.5, 0.6) is 0 Å². The summed E-state index contributed by atoms with van der Waals surface area (Å²) in [5.41, 5.74) is 6.24. The van der Waals surface area contributed by atoms with Crippen molar-refractivity contribution in [2.24, 2.45) is 11.8 Å². The second-order valence-electron chi connectivity index (χ2n) is 6.23. The predicted molar refractivity (Wildman–Crippen MR) is 109 cm³/mol. The van der Waals surface area contributed by atoms with Crippen LogP contribution in [0.2, 0.25) is 10.0 Å². The summed E-state index contributed by atoms with van der Waals surface area (Å²) >= 11 is 18.9. The zero-order chi connectivity index (χ0) is 17.8. The van der Waals surface area contributed by atoms with E-state index in [1.807, 2.05) is 0 Å². The first-order valence-electron chi connectivity index (χ1n) is 8.07. The van der Waals surface area contributed by atoms with Gasteiger partial charge in [0.15, 0.2) is 5.11 Å². The van der Waals surface area contributed by atoms with Crippen LogP contribution in [0.3, 0.4) is 0 Å². The molecule has 1 fully saturated rings. The number of rotatable bonds is 5.